The average molecular weight is 345 g/mol. The molecule has 1 aliphatic carbocycles. The molecule has 26 heavy (non-hydrogen) atoms. The summed E-state index contributed by atoms with van der Waals surface area (Å²) >= 11 is 0. The van der Waals surface area contributed by atoms with E-state index < -0.39 is 0 Å². The summed E-state index contributed by atoms with van der Waals surface area (Å²) in [5.41, 5.74) is 2.78. The summed E-state index contributed by atoms with van der Waals surface area (Å²) in [7, 11) is 0. The number of aromatic nitrogens is 2. The van der Waals surface area contributed by atoms with Crippen molar-refractivity contribution in [3.63, 3.8) is 0 Å². The predicted octanol–water partition coefficient (Wildman–Crippen LogP) is 2.31. The second-order valence-corrected chi connectivity index (χ2v) is 7.20. The largest absolute Gasteiger partial charge is 0.337 e. The zero-order valence-corrected chi connectivity index (χ0v) is 14.4. The highest BCUT2D eigenvalue weighted by atomic mass is 16.2. The van der Waals surface area contributed by atoms with Gasteiger partial charge in [0.05, 0.1) is 23.2 Å². The third kappa shape index (κ3) is 2.20. The van der Waals surface area contributed by atoms with E-state index in [9.17, 15) is 9.59 Å². The lowest BCUT2D eigenvalue weighted by Gasteiger charge is -2.31. The Balaban J connectivity index is 1.50. The van der Waals surface area contributed by atoms with Crippen LogP contribution in [0.5, 0.6) is 0 Å². The molecule has 5 rings (SSSR count). The Morgan fingerprint density at radius 3 is 2.58 bits per heavy atom. The fraction of sp³-hybridized carbons (Fsp3) is 0.286. The van der Waals surface area contributed by atoms with Crippen LogP contribution in [0.1, 0.15) is 29.7 Å². The van der Waals surface area contributed by atoms with Crippen LogP contribution in [-0.2, 0) is 23.2 Å². The Labute approximate surface area is 150 Å². The molecule has 3 heterocycles. The molecule has 1 amide bonds. The molecule has 2 aliphatic rings. The smallest absolute Gasteiger partial charge is 0.263 e. The summed E-state index contributed by atoms with van der Waals surface area (Å²) in [6.45, 7) is 0.974. The second-order valence-electron chi connectivity index (χ2n) is 7.20. The van der Waals surface area contributed by atoms with E-state index in [4.69, 9.17) is 0 Å². The van der Waals surface area contributed by atoms with Crippen LogP contribution in [0, 0.1) is 0 Å². The highest BCUT2D eigenvalue weighted by molar-refractivity contribution is 5.91. The predicted molar refractivity (Wildman–Crippen MR) is 97.9 cm³/mol. The summed E-state index contributed by atoms with van der Waals surface area (Å²) in [6.07, 6.45) is 4.13. The molecule has 5 nitrogen and oxygen atoms in total. The number of rotatable bonds is 2. The summed E-state index contributed by atoms with van der Waals surface area (Å²) in [4.78, 5) is 32.6. The maximum Gasteiger partial charge on any atom is 0.263 e. The van der Waals surface area contributed by atoms with Crippen molar-refractivity contribution >= 4 is 11.6 Å². The minimum Gasteiger partial charge on any atom is -0.337 e. The van der Waals surface area contributed by atoms with Gasteiger partial charge in [0.1, 0.15) is 5.65 Å². The molecule has 0 saturated heterocycles. The fourth-order valence-corrected chi connectivity index (χ4v) is 4.03. The van der Waals surface area contributed by atoms with Crippen molar-refractivity contribution in [2.45, 2.75) is 31.2 Å². The van der Waals surface area contributed by atoms with Crippen molar-refractivity contribution in [3.8, 4) is 0 Å². The van der Waals surface area contributed by atoms with E-state index in [-0.39, 0.29) is 16.9 Å². The van der Waals surface area contributed by atoms with Crippen molar-refractivity contribution in [2.24, 2.45) is 0 Å². The molecule has 0 bridgehead atoms. The first-order valence-corrected chi connectivity index (χ1v) is 9.03. The van der Waals surface area contributed by atoms with E-state index in [1.165, 1.54) is 0 Å². The van der Waals surface area contributed by atoms with Crippen LogP contribution in [-0.4, -0.2) is 26.7 Å². The Bertz CT molecular complexity index is 1070. The lowest BCUT2D eigenvalue weighted by atomic mass is 9.93. The number of carbonyl (C=O) groups is 1. The lowest BCUT2D eigenvalue weighted by molar-refractivity contribution is -0.135. The van der Waals surface area contributed by atoms with Gasteiger partial charge >= 0.3 is 0 Å². The van der Waals surface area contributed by atoms with Gasteiger partial charge in [-0.3, -0.25) is 14.0 Å². The average Bonchev–Trinajstić information content (AvgIpc) is 3.50. The van der Waals surface area contributed by atoms with Crippen molar-refractivity contribution < 1.29 is 4.79 Å². The van der Waals surface area contributed by atoms with Gasteiger partial charge < -0.3 is 4.90 Å². The van der Waals surface area contributed by atoms with Gasteiger partial charge in [0.15, 0.2) is 0 Å². The number of benzene rings is 1. The standard InChI is InChI=1S/C21H19N3O2/c25-19-16-14-23(13-9-17(16)22-18-8-4-5-12-24(18)19)20(26)21(10-11-21)15-6-2-1-3-7-15/h1-8,12H,9-11,13-14H2. The van der Waals surface area contributed by atoms with E-state index in [2.05, 4.69) is 4.98 Å². The van der Waals surface area contributed by atoms with Crippen LogP contribution >= 0.6 is 0 Å². The molecule has 3 aromatic rings. The van der Waals surface area contributed by atoms with Gasteiger partial charge in [-0.25, -0.2) is 4.98 Å². The normalized spacial score (nSPS) is 17.8. The Kier molecular flexibility index (Phi) is 3.26. The van der Waals surface area contributed by atoms with Crippen LogP contribution in [0.4, 0.5) is 0 Å². The van der Waals surface area contributed by atoms with Gasteiger partial charge in [-0.1, -0.05) is 36.4 Å². The van der Waals surface area contributed by atoms with Crippen molar-refractivity contribution in [1.82, 2.24) is 14.3 Å². The van der Waals surface area contributed by atoms with E-state index in [1.54, 1.807) is 10.6 Å². The summed E-state index contributed by atoms with van der Waals surface area (Å²) in [5, 5.41) is 0. The van der Waals surface area contributed by atoms with Crippen molar-refractivity contribution in [3.05, 3.63) is 81.9 Å². The van der Waals surface area contributed by atoms with E-state index in [1.807, 2.05) is 53.4 Å². The summed E-state index contributed by atoms with van der Waals surface area (Å²) in [5.74, 6) is 0.145. The van der Waals surface area contributed by atoms with Gasteiger partial charge in [0.2, 0.25) is 5.91 Å². The molecule has 0 atom stereocenters. The van der Waals surface area contributed by atoms with Gasteiger partial charge in [-0.15, -0.1) is 0 Å². The van der Waals surface area contributed by atoms with Crippen LogP contribution in [0.3, 0.4) is 0 Å². The van der Waals surface area contributed by atoms with Crippen molar-refractivity contribution in [2.75, 3.05) is 6.54 Å². The molecule has 5 heteroatoms. The molecular weight excluding hydrogens is 326 g/mol. The molecule has 130 valence electrons. The molecule has 0 N–H and O–H groups in total. The third-order valence-corrected chi connectivity index (χ3v) is 5.65. The Hall–Kier alpha value is -2.95. The lowest BCUT2D eigenvalue weighted by Crippen LogP contribution is -2.44. The van der Waals surface area contributed by atoms with Gasteiger partial charge in [-0.05, 0) is 30.5 Å². The number of nitrogens with zero attached hydrogens (tertiary/aromatic N) is 3. The first-order valence-electron chi connectivity index (χ1n) is 9.03. The molecular formula is C21H19N3O2. The fourth-order valence-electron chi connectivity index (χ4n) is 4.03. The van der Waals surface area contributed by atoms with E-state index >= 15 is 0 Å². The first kappa shape index (κ1) is 15.3. The molecule has 0 radical (unpaired) electrons. The maximum atomic E-state index is 13.3. The number of amides is 1. The van der Waals surface area contributed by atoms with Gasteiger partial charge in [0, 0.05) is 19.2 Å². The van der Waals surface area contributed by atoms with Crippen molar-refractivity contribution in [1.29, 1.82) is 0 Å². The number of carbonyl (C=O) groups excluding carboxylic acids is 1. The number of fused-ring (bicyclic) bond motifs is 2. The minimum absolute atomic E-state index is 0.0624. The molecule has 1 saturated carbocycles. The maximum absolute atomic E-state index is 13.3. The zero-order valence-electron chi connectivity index (χ0n) is 14.4. The molecule has 1 aromatic carbocycles. The number of pyridine rings is 1. The van der Waals surface area contributed by atoms with Crippen LogP contribution in [0.25, 0.3) is 5.65 Å². The monoisotopic (exact) mass is 345 g/mol. The van der Waals surface area contributed by atoms with Gasteiger partial charge in [0.25, 0.3) is 5.56 Å². The minimum atomic E-state index is -0.390. The van der Waals surface area contributed by atoms with E-state index in [0.29, 0.717) is 30.7 Å². The second kappa shape index (κ2) is 5.53. The highest BCUT2D eigenvalue weighted by Gasteiger charge is 2.53. The molecule has 1 aliphatic heterocycles. The zero-order chi connectivity index (χ0) is 17.7. The third-order valence-electron chi connectivity index (χ3n) is 5.65. The molecule has 0 unspecified atom stereocenters. The summed E-state index contributed by atoms with van der Waals surface area (Å²) < 4.78 is 1.57. The van der Waals surface area contributed by atoms with Crippen LogP contribution in [0.15, 0.2) is 59.5 Å². The topological polar surface area (TPSA) is 54.7 Å². The summed E-state index contributed by atoms with van der Waals surface area (Å²) in [6, 6.07) is 15.5. The SMILES string of the molecule is O=C(N1CCc2nc3ccccn3c(=O)c2C1)C1(c2ccccc2)CC1. The number of hydrogen-bond acceptors (Lipinski definition) is 3. The Morgan fingerprint density at radius 2 is 1.81 bits per heavy atom. The number of hydrogen-bond donors (Lipinski definition) is 0. The van der Waals surface area contributed by atoms with Crippen LogP contribution < -0.4 is 5.56 Å². The molecule has 1 fully saturated rings. The molecule has 2 aromatic heterocycles. The van der Waals surface area contributed by atoms with E-state index in [0.717, 1.165) is 24.1 Å². The highest BCUT2D eigenvalue weighted by Crippen LogP contribution is 2.49. The Morgan fingerprint density at radius 1 is 1.04 bits per heavy atom. The first-order chi connectivity index (χ1) is 12.7. The van der Waals surface area contributed by atoms with Gasteiger partial charge in [-0.2, -0.15) is 0 Å². The quantitative estimate of drug-likeness (QED) is 0.716. The molecule has 0 spiro atoms. The van der Waals surface area contributed by atoms with Crippen LogP contribution in [0.2, 0.25) is 0 Å².